The Kier molecular flexibility index (Phi) is 5.38. The van der Waals surface area contributed by atoms with Gasteiger partial charge in [0.15, 0.2) is 0 Å². The van der Waals surface area contributed by atoms with Crippen molar-refractivity contribution < 1.29 is 14.6 Å². The zero-order valence-corrected chi connectivity index (χ0v) is 9.41. The summed E-state index contributed by atoms with van der Waals surface area (Å²) in [6.07, 6.45) is 0.0684. The van der Waals surface area contributed by atoms with Crippen LogP contribution in [-0.4, -0.2) is 36.0 Å². The minimum absolute atomic E-state index is 0.218. The van der Waals surface area contributed by atoms with Crippen molar-refractivity contribution in [3.05, 3.63) is 35.1 Å². The molecule has 0 saturated carbocycles. The molecule has 16 heavy (non-hydrogen) atoms. The van der Waals surface area contributed by atoms with Crippen LogP contribution in [0.3, 0.4) is 0 Å². The molecule has 3 nitrogen and oxygen atoms in total. The van der Waals surface area contributed by atoms with Gasteiger partial charge in [-0.2, -0.15) is 0 Å². The molecule has 0 spiro atoms. The number of halogens is 1. The molecule has 1 aromatic carbocycles. The fourth-order valence-electron chi connectivity index (χ4n) is 1.50. The summed E-state index contributed by atoms with van der Waals surface area (Å²) in [7, 11) is 0. The standard InChI is InChI=1S/C12H18FNO2/c1-9-6-11(13)3-2-10(9)4-5-14-7-12(16)8-15/h2-3,6,12,14-16H,4-5,7-8H2,1H3. The van der Waals surface area contributed by atoms with Gasteiger partial charge < -0.3 is 15.5 Å². The van der Waals surface area contributed by atoms with Crippen LogP contribution in [0.4, 0.5) is 4.39 Å². The highest BCUT2D eigenvalue weighted by atomic mass is 19.1. The van der Waals surface area contributed by atoms with Crippen molar-refractivity contribution in [2.24, 2.45) is 0 Å². The van der Waals surface area contributed by atoms with E-state index < -0.39 is 6.10 Å². The van der Waals surface area contributed by atoms with Gasteiger partial charge >= 0.3 is 0 Å². The molecule has 0 radical (unpaired) electrons. The topological polar surface area (TPSA) is 52.5 Å². The Hall–Kier alpha value is -0.970. The van der Waals surface area contributed by atoms with Gasteiger partial charge in [-0.1, -0.05) is 6.07 Å². The van der Waals surface area contributed by atoms with Crippen LogP contribution in [0.1, 0.15) is 11.1 Å². The van der Waals surface area contributed by atoms with E-state index in [-0.39, 0.29) is 12.4 Å². The van der Waals surface area contributed by atoms with Crippen LogP contribution in [0.15, 0.2) is 18.2 Å². The molecule has 3 N–H and O–H groups in total. The summed E-state index contributed by atoms with van der Waals surface area (Å²) in [4.78, 5) is 0. The molecule has 0 fully saturated rings. The zero-order valence-electron chi connectivity index (χ0n) is 9.41. The largest absolute Gasteiger partial charge is 0.394 e. The van der Waals surface area contributed by atoms with Crippen molar-refractivity contribution >= 4 is 0 Å². The molecule has 0 aliphatic carbocycles. The number of aryl methyl sites for hydroxylation is 1. The fraction of sp³-hybridized carbons (Fsp3) is 0.500. The van der Waals surface area contributed by atoms with E-state index in [0.717, 1.165) is 17.5 Å². The first-order chi connectivity index (χ1) is 7.63. The summed E-state index contributed by atoms with van der Waals surface area (Å²) in [5, 5.41) is 20.7. The Bertz CT molecular complexity index is 331. The Labute approximate surface area is 94.9 Å². The van der Waals surface area contributed by atoms with Crippen LogP contribution in [0, 0.1) is 12.7 Å². The van der Waals surface area contributed by atoms with Crippen LogP contribution >= 0.6 is 0 Å². The molecule has 4 heteroatoms. The van der Waals surface area contributed by atoms with Crippen molar-refractivity contribution in [3.8, 4) is 0 Å². The minimum Gasteiger partial charge on any atom is -0.394 e. The molecule has 0 saturated heterocycles. The second-order valence-electron chi connectivity index (χ2n) is 3.86. The van der Waals surface area contributed by atoms with Crippen LogP contribution in [-0.2, 0) is 6.42 Å². The van der Waals surface area contributed by atoms with Crippen molar-refractivity contribution in [1.29, 1.82) is 0 Å². The number of aliphatic hydroxyl groups excluding tert-OH is 2. The second kappa shape index (κ2) is 6.58. The maximum atomic E-state index is 12.8. The van der Waals surface area contributed by atoms with Gasteiger partial charge in [-0.3, -0.25) is 0 Å². The molecule has 1 atom stereocenters. The van der Waals surface area contributed by atoms with Crippen molar-refractivity contribution in [1.82, 2.24) is 5.32 Å². The first kappa shape index (κ1) is 13.1. The van der Waals surface area contributed by atoms with E-state index >= 15 is 0 Å². The first-order valence-corrected chi connectivity index (χ1v) is 5.38. The summed E-state index contributed by atoms with van der Waals surface area (Å²) in [6.45, 7) is 2.71. The quantitative estimate of drug-likeness (QED) is 0.624. The fourth-order valence-corrected chi connectivity index (χ4v) is 1.50. The summed E-state index contributed by atoms with van der Waals surface area (Å²) < 4.78 is 12.8. The number of benzene rings is 1. The number of rotatable bonds is 6. The van der Waals surface area contributed by atoms with Gasteiger partial charge in [-0.25, -0.2) is 4.39 Å². The third-order valence-corrected chi connectivity index (χ3v) is 2.47. The molecule has 1 unspecified atom stereocenters. The van der Waals surface area contributed by atoms with Gasteiger partial charge in [0.05, 0.1) is 12.7 Å². The molecule has 0 aromatic heterocycles. The molecule has 1 rings (SSSR count). The third kappa shape index (κ3) is 4.26. The molecule has 1 aromatic rings. The highest BCUT2D eigenvalue weighted by Gasteiger charge is 2.02. The van der Waals surface area contributed by atoms with Crippen LogP contribution < -0.4 is 5.32 Å². The lowest BCUT2D eigenvalue weighted by atomic mass is 10.1. The molecular weight excluding hydrogens is 209 g/mol. The van der Waals surface area contributed by atoms with E-state index in [4.69, 9.17) is 10.2 Å². The van der Waals surface area contributed by atoms with E-state index in [1.54, 1.807) is 6.07 Å². The highest BCUT2D eigenvalue weighted by molar-refractivity contribution is 5.26. The second-order valence-corrected chi connectivity index (χ2v) is 3.86. The predicted molar refractivity (Wildman–Crippen MR) is 60.8 cm³/mol. The maximum Gasteiger partial charge on any atom is 0.123 e. The van der Waals surface area contributed by atoms with Crippen LogP contribution in [0.5, 0.6) is 0 Å². The Balaban J connectivity index is 2.32. The summed E-state index contributed by atoms with van der Waals surface area (Å²) in [5.74, 6) is -0.218. The Morgan fingerprint density at radius 2 is 2.19 bits per heavy atom. The summed E-state index contributed by atoms with van der Waals surface area (Å²) >= 11 is 0. The van der Waals surface area contributed by atoms with Crippen LogP contribution in [0.2, 0.25) is 0 Å². The van der Waals surface area contributed by atoms with Crippen molar-refractivity contribution in [3.63, 3.8) is 0 Å². The smallest absolute Gasteiger partial charge is 0.123 e. The van der Waals surface area contributed by atoms with Gasteiger partial charge in [0.1, 0.15) is 5.82 Å². The first-order valence-electron chi connectivity index (χ1n) is 5.38. The van der Waals surface area contributed by atoms with Gasteiger partial charge in [-0.15, -0.1) is 0 Å². The average molecular weight is 227 g/mol. The molecular formula is C12H18FNO2. The van der Waals surface area contributed by atoms with Crippen LogP contribution in [0.25, 0.3) is 0 Å². The predicted octanol–water partition coefficient (Wildman–Crippen LogP) is 0.619. The van der Waals surface area contributed by atoms with Crippen molar-refractivity contribution in [2.75, 3.05) is 19.7 Å². The molecule has 0 aliphatic heterocycles. The van der Waals surface area contributed by atoms with Gasteiger partial charge in [0, 0.05) is 6.54 Å². The Morgan fingerprint density at radius 3 is 2.81 bits per heavy atom. The number of nitrogens with one attached hydrogen (secondary N) is 1. The highest BCUT2D eigenvalue weighted by Crippen LogP contribution is 2.10. The molecule has 0 amide bonds. The minimum atomic E-state index is -0.714. The number of hydrogen-bond donors (Lipinski definition) is 3. The van der Waals surface area contributed by atoms with E-state index in [2.05, 4.69) is 5.32 Å². The van der Waals surface area contributed by atoms with E-state index in [1.165, 1.54) is 12.1 Å². The molecule has 0 bridgehead atoms. The van der Waals surface area contributed by atoms with E-state index in [1.807, 2.05) is 6.92 Å². The van der Waals surface area contributed by atoms with E-state index in [0.29, 0.717) is 13.1 Å². The third-order valence-electron chi connectivity index (χ3n) is 2.47. The monoisotopic (exact) mass is 227 g/mol. The zero-order chi connectivity index (χ0) is 12.0. The molecule has 0 heterocycles. The lowest BCUT2D eigenvalue weighted by Crippen LogP contribution is -2.30. The Morgan fingerprint density at radius 1 is 1.44 bits per heavy atom. The molecule has 0 aliphatic rings. The molecule has 90 valence electrons. The summed E-state index contributed by atoms with van der Waals surface area (Å²) in [6, 6.07) is 4.73. The van der Waals surface area contributed by atoms with Gasteiger partial charge in [0.25, 0.3) is 0 Å². The number of hydrogen-bond acceptors (Lipinski definition) is 3. The van der Waals surface area contributed by atoms with Gasteiger partial charge in [-0.05, 0) is 43.1 Å². The van der Waals surface area contributed by atoms with Crippen molar-refractivity contribution in [2.45, 2.75) is 19.4 Å². The average Bonchev–Trinajstić information content (AvgIpc) is 2.26. The summed E-state index contributed by atoms with van der Waals surface area (Å²) in [5.41, 5.74) is 2.02. The van der Waals surface area contributed by atoms with Gasteiger partial charge in [0.2, 0.25) is 0 Å². The lowest BCUT2D eigenvalue weighted by Gasteiger charge is -2.10. The maximum absolute atomic E-state index is 12.8. The lowest BCUT2D eigenvalue weighted by molar-refractivity contribution is 0.0947. The number of aliphatic hydroxyl groups is 2. The normalized spacial score (nSPS) is 12.8. The van der Waals surface area contributed by atoms with E-state index in [9.17, 15) is 4.39 Å². The SMILES string of the molecule is Cc1cc(F)ccc1CCNCC(O)CO.